The molecule has 1 amide bonds. The predicted octanol–water partition coefficient (Wildman–Crippen LogP) is 2.60. The maximum atomic E-state index is 12.8. The van der Waals surface area contributed by atoms with E-state index in [1.54, 1.807) is 7.11 Å². The number of amides is 1. The second-order valence-corrected chi connectivity index (χ2v) is 6.37. The van der Waals surface area contributed by atoms with Crippen LogP contribution in [0.5, 0.6) is 5.75 Å². The maximum Gasteiger partial charge on any atom is 0.229 e. The van der Waals surface area contributed by atoms with Crippen molar-refractivity contribution in [3.63, 3.8) is 0 Å². The Balaban J connectivity index is 2.00. The smallest absolute Gasteiger partial charge is 0.229 e. The van der Waals surface area contributed by atoms with Crippen molar-refractivity contribution in [1.29, 1.82) is 0 Å². The zero-order valence-corrected chi connectivity index (χ0v) is 14.2. The summed E-state index contributed by atoms with van der Waals surface area (Å²) >= 11 is 0. The first-order chi connectivity index (χ1) is 10.5. The third-order valence-electron chi connectivity index (χ3n) is 4.62. The molecule has 1 saturated heterocycles. The van der Waals surface area contributed by atoms with Gasteiger partial charge in [-0.15, -0.1) is 0 Å². The van der Waals surface area contributed by atoms with Gasteiger partial charge in [-0.2, -0.15) is 0 Å². The lowest BCUT2D eigenvalue weighted by molar-refractivity contribution is -0.132. The lowest BCUT2D eigenvalue weighted by Gasteiger charge is -2.26. The van der Waals surface area contributed by atoms with E-state index in [1.807, 2.05) is 36.2 Å². The van der Waals surface area contributed by atoms with Crippen molar-refractivity contribution >= 4 is 5.91 Å². The summed E-state index contributed by atoms with van der Waals surface area (Å²) in [5.41, 5.74) is 1.07. The van der Waals surface area contributed by atoms with Crippen LogP contribution in [0.3, 0.4) is 0 Å². The minimum atomic E-state index is -0.0601. The van der Waals surface area contributed by atoms with Gasteiger partial charge in [0.15, 0.2) is 0 Å². The first-order valence-corrected chi connectivity index (χ1v) is 8.12. The number of likely N-dealkylation sites (N-methyl/N-ethyl adjacent to an activating group) is 1. The summed E-state index contributed by atoms with van der Waals surface area (Å²) < 4.78 is 5.19. The summed E-state index contributed by atoms with van der Waals surface area (Å²) in [5, 5.41) is 0. The van der Waals surface area contributed by atoms with Gasteiger partial charge in [-0.05, 0) is 50.0 Å². The van der Waals surface area contributed by atoms with Crippen LogP contribution in [0.15, 0.2) is 24.3 Å². The molecule has 122 valence electrons. The zero-order chi connectivity index (χ0) is 16.1. The first kappa shape index (κ1) is 16.8. The normalized spacial score (nSPS) is 19.9. The molecule has 1 fully saturated rings. The highest BCUT2D eigenvalue weighted by Gasteiger charge is 2.26. The van der Waals surface area contributed by atoms with Crippen molar-refractivity contribution in [3.05, 3.63) is 29.8 Å². The van der Waals surface area contributed by atoms with Crippen LogP contribution >= 0.6 is 0 Å². The second kappa shape index (κ2) is 7.63. The minimum absolute atomic E-state index is 0.0601. The number of likely N-dealkylation sites (tertiary alicyclic amines) is 1. The van der Waals surface area contributed by atoms with Crippen molar-refractivity contribution in [2.45, 2.75) is 25.7 Å². The largest absolute Gasteiger partial charge is 0.497 e. The monoisotopic (exact) mass is 304 g/mol. The molecule has 1 aliphatic heterocycles. The molecule has 1 heterocycles. The van der Waals surface area contributed by atoms with E-state index in [2.05, 4.69) is 18.9 Å². The van der Waals surface area contributed by atoms with Crippen LogP contribution in [0.2, 0.25) is 0 Å². The van der Waals surface area contributed by atoms with Gasteiger partial charge in [-0.1, -0.05) is 19.1 Å². The number of benzene rings is 1. The van der Waals surface area contributed by atoms with Gasteiger partial charge in [-0.3, -0.25) is 4.79 Å². The van der Waals surface area contributed by atoms with Crippen molar-refractivity contribution in [2.75, 3.05) is 40.8 Å². The van der Waals surface area contributed by atoms with E-state index >= 15 is 0 Å². The molecule has 0 bridgehead atoms. The molecular weight excluding hydrogens is 276 g/mol. The number of ether oxygens (including phenoxy) is 1. The van der Waals surface area contributed by atoms with Gasteiger partial charge in [0.2, 0.25) is 5.91 Å². The molecule has 4 heteroatoms. The fourth-order valence-electron chi connectivity index (χ4n) is 3.31. The molecule has 0 unspecified atom stereocenters. The van der Waals surface area contributed by atoms with Gasteiger partial charge in [0.05, 0.1) is 13.0 Å². The molecule has 0 spiro atoms. The molecule has 0 aliphatic carbocycles. The minimum Gasteiger partial charge on any atom is -0.497 e. The quantitative estimate of drug-likeness (QED) is 0.810. The van der Waals surface area contributed by atoms with E-state index in [9.17, 15) is 4.79 Å². The molecule has 1 aliphatic rings. The van der Waals surface area contributed by atoms with E-state index in [0.29, 0.717) is 5.92 Å². The van der Waals surface area contributed by atoms with E-state index < -0.39 is 0 Å². The highest BCUT2D eigenvalue weighted by atomic mass is 16.5. The topological polar surface area (TPSA) is 32.8 Å². The molecule has 0 N–H and O–H groups in total. The Morgan fingerprint density at radius 3 is 2.59 bits per heavy atom. The van der Waals surface area contributed by atoms with Crippen LogP contribution in [0.25, 0.3) is 0 Å². The highest BCUT2D eigenvalue weighted by Crippen LogP contribution is 2.25. The third-order valence-corrected chi connectivity index (χ3v) is 4.62. The van der Waals surface area contributed by atoms with Crippen LogP contribution < -0.4 is 4.74 Å². The Morgan fingerprint density at radius 1 is 1.41 bits per heavy atom. The van der Waals surface area contributed by atoms with Crippen LogP contribution in [-0.4, -0.2) is 56.5 Å². The molecule has 2 atom stereocenters. The van der Waals surface area contributed by atoms with E-state index in [4.69, 9.17) is 4.74 Å². The Morgan fingerprint density at radius 2 is 2.09 bits per heavy atom. The average Bonchev–Trinajstić information content (AvgIpc) is 2.93. The van der Waals surface area contributed by atoms with Crippen LogP contribution in [0, 0.1) is 5.92 Å². The number of hydrogen-bond donors (Lipinski definition) is 0. The fraction of sp³-hybridized carbons (Fsp3) is 0.611. The molecule has 22 heavy (non-hydrogen) atoms. The molecule has 1 aromatic rings. The van der Waals surface area contributed by atoms with E-state index in [0.717, 1.165) is 37.4 Å². The number of nitrogens with zero attached hydrogens (tertiary/aromatic N) is 2. The summed E-state index contributed by atoms with van der Waals surface area (Å²) in [5.74, 6) is 1.60. The number of methoxy groups -OCH3 is 1. The van der Waals surface area contributed by atoms with Crippen LogP contribution in [0.1, 0.15) is 31.2 Å². The molecule has 1 aromatic carbocycles. The summed E-state index contributed by atoms with van der Waals surface area (Å²) in [6.07, 6.45) is 2.01. The van der Waals surface area contributed by atoms with Gasteiger partial charge in [0, 0.05) is 20.1 Å². The third kappa shape index (κ3) is 4.01. The SMILES string of the molecule is CC[C@H](C(=O)N(C)C[C@H]1CCN(C)C1)c1ccc(OC)cc1. The molecule has 4 nitrogen and oxygen atoms in total. The maximum absolute atomic E-state index is 12.8. The fourth-order valence-corrected chi connectivity index (χ4v) is 3.31. The van der Waals surface area contributed by atoms with Gasteiger partial charge in [-0.25, -0.2) is 0 Å². The molecule has 2 rings (SSSR count). The zero-order valence-electron chi connectivity index (χ0n) is 14.2. The standard InChI is InChI=1S/C18H28N2O2/c1-5-17(15-6-8-16(22-4)9-7-15)18(21)20(3)13-14-10-11-19(2)12-14/h6-9,14,17H,5,10-13H2,1-4H3/t14-,17-/m0/s1. The summed E-state index contributed by atoms with van der Waals surface area (Å²) in [6.45, 7) is 5.17. The predicted molar refractivity (Wildman–Crippen MR) is 89.3 cm³/mol. The second-order valence-electron chi connectivity index (χ2n) is 6.37. The Kier molecular flexibility index (Phi) is 5.83. The van der Waals surface area contributed by atoms with Gasteiger partial charge >= 0.3 is 0 Å². The summed E-state index contributed by atoms with van der Waals surface area (Å²) in [7, 11) is 5.74. The van der Waals surface area contributed by atoms with Gasteiger partial charge < -0.3 is 14.5 Å². The van der Waals surface area contributed by atoms with E-state index in [-0.39, 0.29) is 11.8 Å². The number of hydrogen-bond acceptors (Lipinski definition) is 3. The highest BCUT2D eigenvalue weighted by molar-refractivity contribution is 5.83. The Bertz CT molecular complexity index is 486. The number of carbonyl (C=O) groups is 1. The lowest BCUT2D eigenvalue weighted by Crippen LogP contribution is -2.36. The van der Waals surface area contributed by atoms with Gasteiger partial charge in [0.25, 0.3) is 0 Å². The van der Waals surface area contributed by atoms with Crippen molar-refractivity contribution in [3.8, 4) is 5.75 Å². The number of rotatable bonds is 6. The molecular formula is C18H28N2O2. The number of carbonyl (C=O) groups excluding carboxylic acids is 1. The molecule has 0 aromatic heterocycles. The van der Waals surface area contributed by atoms with Crippen LogP contribution in [-0.2, 0) is 4.79 Å². The molecule has 0 radical (unpaired) electrons. The summed E-state index contributed by atoms with van der Waals surface area (Å²) in [4.78, 5) is 17.0. The summed E-state index contributed by atoms with van der Waals surface area (Å²) in [6, 6.07) is 7.86. The Hall–Kier alpha value is -1.55. The van der Waals surface area contributed by atoms with Crippen molar-refractivity contribution in [1.82, 2.24) is 9.80 Å². The molecule has 0 saturated carbocycles. The van der Waals surface area contributed by atoms with Crippen LogP contribution in [0.4, 0.5) is 0 Å². The van der Waals surface area contributed by atoms with Crippen molar-refractivity contribution < 1.29 is 9.53 Å². The lowest BCUT2D eigenvalue weighted by atomic mass is 9.94. The Labute approximate surface area is 134 Å². The van der Waals surface area contributed by atoms with E-state index in [1.165, 1.54) is 6.42 Å². The van der Waals surface area contributed by atoms with Gasteiger partial charge in [0.1, 0.15) is 5.75 Å². The average molecular weight is 304 g/mol. The van der Waals surface area contributed by atoms with Crippen molar-refractivity contribution in [2.24, 2.45) is 5.92 Å². The first-order valence-electron chi connectivity index (χ1n) is 8.12.